The normalized spacial score (nSPS) is 18.7. The molecular weight excluding hydrogens is 641 g/mol. The van der Waals surface area contributed by atoms with E-state index in [0.717, 1.165) is 31.3 Å². The van der Waals surface area contributed by atoms with Gasteiger partial charge in [-0.25, -0.2) is 22.0 Å². The molecule has 256 valence electrons. The summed E-state index contributed by atoms with van der Waals surface area (Å²) in [5, 5.41) is 21.3. The number of aliphatic hydroxyl groups is 1. The molecule has 1 aliphatic heterocycles. The molecule has 15 heteroatoms. The number of thiophene rings is 1. The van der Waals surface area contributed by atoms with Crippen molar-refractivity contribution in [2.45, 2.75) is 73.1 Å². The first-order chi connectivity index (χ1) is 21.3. The first kappa shape index (κ1) is 37.8. The van der Waals surface area contributed by atoms with Crippen molar-refractivity contribution in [2.24, 2.45) is 11.1 Å². The molecule has 45 heavy (non-hydrogen) atoms. The topological polar surface area (TPSA) is 170 Å². The van der Waals surface area contributed by atoms with Gasteiger partial charge >= 0.3 is 0 Å². The number of likely N-dealkylation sites (N-methyl/N-ethyl adjacent to an activating group) is 1. The van der Waals surface area contributed by atoms with E-state index in [1.807, 2.05) is 19.1 Å². The average molecular weight is 691 g/mol. The molecule has 1 aromatic carbocycles. The van der Waals surface area contributed by atoms with E-state index in [-0.39, 0.29) is 21.0 Å². The third kappa shape index (κ3) is 12.5. The van der Waals surface area contributed by atoms with Gasteiger partial charge in [-0.3, -0.25) is 0 Å². The van der Waals surface area contributed by atoms with Crippen molar-refractivity contribution in [1.82, 2.24) is 14.9 Å². The van der Waals surface area contributed by atoms with Gasteiger partial charge in [-0.05, 0) is 61.9 Å². The highest BCUT2D eigenvalue weighted by Crippen LogP contribution is 2.39. The third-order valence-corrected chi connectivity index (χ3v) is 12.2. The summed E-state index contributed by atoms with van der Waals surface area (Å²) in [5.74, 6) is 1.62. The Morgan fingerprint density at radius 2 is 1.89 bits per heavy atom. The lowest BCUT2D eigenvalue weighted by atomic mass is 10.1. The number of sulfonamides is 2. The molecule has 0 radical (unpaired) electrons. The second-order valence-corrected chi connectivity index (χ2v) is 16.6. The Morgan fingerprint density at radius 1 is 1.18 bits per heavy atom. The van der Waals surface area contributed by atoms with Crippen LogP contribution in [0.25, 0.3) is 0 Å². The molecule has 1 aromatic heterocycles. The van der Waals surface area contributed by atoms with Crippen molar-refractivity contribution >= 4 is 31.4 Å². The molecule has 12 nitrogen and oxygen atoms in total. The number of benzene rings is 1. The Hall–Kier alpha value is -1.66. The fraction of sp³-hybridized carbons (Fsp3) is 0.667. The molecule has 2 aliphatic rings. The van der Waals surface area contributed by atoms with E-state index >= 15 is 0 Å². The van der Waals surface area contributed by atoms with Gasteiger partial charge in [-0.15, -0.1) is 11.3 Å². The Labute approximate surface area is 272 Å². The van der Waals surface area contributed by atoms with Gasteiger partial charge in [0.1, 0.15) is 26.9 Å². The number of fused-ring (bicyclic) bond motifs is 1. The summed E-state index contributed by atoms with van der Waals surface area (Å²) in [6.45, 7) is 10.3. The smallest absolute Gasteiger partial charge is 0.252 e. The summed E-state index contributed by atoms with van der Waals surface area (Å²) in [5.41, 5.74) is 1.73. The minimum absolute atomic E-state index is 0.0520. The number of ether oxygens (including phenoxy) is 3. The monoisotopic (exact) mass is 690 g/mol. The van der Waals surface area contributed by atoms with E-state index in [1.54, 1.807) is 7.11 Å². The molecule has 2 atom stereocenters. The summed E-state index contributed by atoms with van der Waals surface area (Å²) in [6.07, 6.45) is 3.69. The predicted molar refractivity (Wildman–Crippen MR) is 176 cm³/mol. The molecule has 2 aromatic rings. The summed E-state index contributed by atoms with van der Waals surface area (Å²) in [6, 6.07) is 9.52. The quantitative estimate of drug-likeness (QED) is 0.171. The lowest BCUT2D eigenvalue weighted by molar-refractivity contribution is 0.104. The zero-order valence-corrected chi connectivity index (χ0v) is 29.2. The molecular formula is C30H50N4O8S3. The number of hydrogen-bond donors (Lipinski definition) is 4. The first-order valence-electron chi connectivity index (χ1n) is 15.4. The SMILES string of the molecule is CC(C)NCC(O)COc1ccc(CCOCC2CC2)cc1.CCN[C@H]1CN(CCCOC)S(=O)(=O)c2sc(S(N)(=O)=O)cc21. The van der Waals surface area contributed by atoms with E-state index in [4.69, 9.17) is 19.3 Å². The second-order valence-electron chi connectivity index (χ2n) is 11.6. The molecule has 1 unspecified atom stereocenters. The molecule has 5 N–H and O–H groups in total. The number of nitrogens with zero attached hydrogens (tertiary/aromatic N) is 1. The number of primary sulfonamides is 1. The maximum Gasteiger partial charge on any atom is 0.252 e. The molecule has 0 spiro atoms. The van der Waals surface area contributed by atoms with Gasteiger partial charge in [-0.1, -0.05) is 32.9 Å². The van der Waals surface area contributed by atoms with Crippen LogP contribution in [0, 0.1) is 5.92 Å². The number of hydrogen-bond acceptors (Lipinski definition) is 11. The lowest BCUT2D eigenvalue weighted by Gasteiger charge is -2.32. The maximum atomic E-state index is 12.7. The molecule has 1 fully saturated rings. The lowest BCUT2D eigenvalue weighted by Crippen LogP contribution is -2.43. The fourth-order valence-electron chi connectivity index (χ4n) is 4.59. The standard InChI is InChI=1S/C18H29NO3.C12H21N3O5S3/c1-14(2)19-11-17(20)13-22-18-7-5-15(6-8-18)9-10-21-12-16-3-4-16;1-3-14-10-8-15(5-4-6-20-2)23(18,19)12-9(10)7-11(21-12)22(13,16)17/h5-8,14,16-17,19-20H,3-4,9-13H2,1-2H3;7,10,14H,3-6,8H2,1-2H3,(H2,13,16,17)/t;10-/m.0/s1. The summed E-state index contributed by atoms with van der Waals surface area (Å²) >= 11 is 0.708. The minimum atomic E-state index is -3.94. The van der Waals surface area contributed by atoms with E-state index < -0.39 is 26.2 Å². The highest BCUT2D eigenvalue weighted by Gasteiger charge is 2.39. The minimum Gasteiger partial charge on any atom is -0.491 e. The van der Waals surface area contributed by atoms with Crippen LogP contribution in [-0.4, -0.2) is 98.1 Å². The molecule has 1 aliphatic carbocycles. The largest absolute Gasteiger partial charge is 0.491 e. The highest BCUT2D eigenvalue weighted by atomic mass is 32.3. The summed E-state index contributed by atoms with van der Waals surface area (Å²) < 4.78 is 66.1. The van der Waals surface area contributed by atoms with Crippen LogP contribution in [0.3, 0.4) is 0 Å². The van der Waals surface area contributed by atoms with Crippen molar-refractivity contribution in [3.63, 3.8) is 0 Å². The van der Waals surface area contributed by atoms with Crippen molar-refractivity contribution in [3.05, 3.63) is 41.5 Å². The van der Waals surface area contributed by atoms with Gasteiger partial charge in [0.15, 0.2) is 0 Å². The number of aliphatic hydroxyl groups excluding tert-OH is 1. The predicted octanol–water partition coefficient (Wildman–Crippen LogP) is 2.48. The zero-order chi connectivity index (χ0) is 33.0. The van der Waals surface area contributed by atoms with Crippen LogP contribution < -0.4 is 20.5 Å². The third-order valence-electron chi connectivity index (χ3n) is 7.24. The molecule has 0 amide bonds. The highest BCUT2D eigenvalue weighted by molar-refractivity contribution is 7.94. The Kier molecular flexibility index (Phi) is 15.1. The van der Waals surface area contributed by atoms with Crippen LogP contribution in [0.15, 0.2) is 38.8 Å². The zero-order valence-electron chi connectivity index (χ0n) is 26.7. The summed E-state index contributed by atoms with van der Waals surface area (Å²) in [4.78, 5) is 0. The van der Waals surface area contributed by atoms with Crippen molar-refractivity contribution < 1.29 is 36.2 Å². The van der Waals surface area contributed by atoms with Crippen LogP contribution in [0.1, 0.15) is 57.2 Å². The van der Waals surface area contributed by atoms with E-state index in [9.17, 15) is 21.9 Å². The van der Waals surface area contributed by atoms with E-state index in [1.165, 1.54) is 28.8 Å². The van der Waals surface area contributed by atoms with Gasteiger partial charge in [0.2, 0.25) is 10.0 Å². The van der Waals surface area contributed by atoms with Crippen LogP contribution in [-0.2, 0) is 35.9 Å². The number of nitrogens with two attached hydrogens (primary N) is 1. The molecule has 4 rings (SSSR count). The molecule has 0 saturated heterocycles. The molecule has 0 bridgehead atoms. The van der Waals surface area contributed by atoms with Gasteiger partial charge in [0, 0.05) is 57.6 Å². The number of methoxy groups -OCH3 is 1. The maximum absolute atomic E-state index is 12.7. The van der Waals surface area contributed by atoms with Crippen molar-refractivity contribution in [2.75, 3.05) is 59.7 Å². The number of rotatable bonds is 18. The Bertz CT molecular complexity index is 1380. The van der Waals surface area contributed by atoms with Crippen LogP contribution in [0.2, 0.25) is 0 Å². The van der Waals surface area contributed by atoms with Gasteiger partial charge in [-0.2, -0.15) is 4.31 Å². The van der Waals surface area contributed by atoms with E-state index in [0.29, 0.717) is 62.2 Å². The van der Waals surface area contributed by atoms with Crippen molar-refractivity contribution in [1.29, 1.82) is 0 Å². The number of nitrogens with one attached hydrogen (secondary N) is 2. The van der Waals surface area contributed by atoms with Crippen LogP contribution in [0.5, 0.6) is 5.75 Å². The molecule has 1 saturated carbocycles. The van der Waals surface area contributed by atoms with E-state index in [2.05, 4.69) is 36.6 Å². The fourth-order valence-corrected chi connectivity index (χ4v) is 8.89. The Balaban J connectivity index is 0.000000246. The van der Waals surface area contributed by atoms with Crippen molar-refractivity contribution in [3.8, 4) is 5.75 Å². The second kappa shape index (κ2) is 18.0. The molecule has 2 heterocycles. The average Bonchev–Trinajstić information content (AvgIpc) is 3.69. The van der Waals surface area contributed by atoms with Gasteiger partial charge in [0.05, 0.1) is 6.61 Å². The Morgan fingerprint density at radius 3 is 2.49 bits per heavy atom. The van der Waals surface area contributed by atoms with Gasteiger partial charge < -0.3 is 30.0 Å². The first-order valence-corrected chi connectivity index (χ1v) is 19.2. The van der Waals surface area contributed by atoms with Gasteiger partial charge in [0.25, 0.3) is 10.0 Å². The van der Waals surface area contributed by atoms with Crippen LogP contribution in [0.4, 0.5) is 0 Å². The summed E-state index contributed by atoms with van der Waals surface area (Å²) in [7, 11) is -6.10. The van der Waals surface area contributed by atoms with Crippen LogP contribution >= 0.6 is 11.3 Å².